The fraction of sp³-hybridized carbons (Fsp3) is 0.391. The highest BCUT2D eigenvalue weighted by atomic mass is 32.2. The van der Waals surface area contributed by atoms with Gasteiger partial charge in [0.2, 0.25) is 0 Å². The van der Waals surface area contributed by atoms with Crippen LogP contribution in [-0.4, -0.2) is 76.5 Å². The van der Waals surface area contributed by atoms with Crippen molar-refractivity contribution in [3.05, 3.63) is 48.0 Å². The Bertz CT molecular complexity index is 1220. The molecule has 2 aromatic carbocycles. The molecule has 4 rings (SSSR count). The maximum atomic E-state index is 13.5. The lowest BCUT2D eigenvalue weighted by atomic mass is 10.2. The summed E-state index contributed by atoms with van der Waals surface area (Å²) < 4.78 is 35.7. The van der Waals surface area contributed by atoms with Gasteiger partial charge in [0, 0.05) is 38.0 Å². The summed E-state index contributed by atoms with van der Waals surface area (Å²) in [5.74, 6) is 0.468. The molecular weight excluding hydrogens is 462 g/mol. The first-order valence-electron chi connectivity index (χ1n) is 10.8. The third kappa shape index (κ3) is 5.52. The van der Waals surface area contributed by atoms with Crippen molar-refractivity contribution in [2.45, 2.75) is 11.8 Å². The van der Waals surface area contributed by atoms with Crippen molar-refractivity contribution < 1.29 is 22.7 Å². The van der Waals surface area contributed by atoms with Crippen LogP contribution in [0.3, 0.4) is 0 Å². The topological polar surface area (TPSA) is 89.0 Å². The zero-order valence-corrected chi connectivity index (χ0v) is 20.3. The van der Waals surface area contributed by atoms with Crippen LogP contribution >= 0.6 is 11.3 Å². The minimum absolute atomic E-state index is 0.181. The second-order valence-electron chi connectivity index (χ2n) is 7.74. The molecule has 2 heterocycles. The molecule has 8 nitrogen and oxygen atoms in total. The van der Waals surface area contributed by atoms with Crippen molar-refractivity contribution in [2.75, 3.05) is 57.2 Å². The molecule has 0 spiro atoms. The molecular formula is C23H27N3O5S2. The quantitative estimate of drug-likeness (QED) is 0.480. The number of anilines is 1. The monoisotopic (exact) mass is 489 g/mol. The normalized spacial score (nSPS) is 15.0. The molecule has 0 aliphatic carbocycles. The number of carbonyl (C=O) groups is 1. The number of amides is 1. The predicted octanol–water partition coefficient (Wildman–Crippen LogP) is 3.08. The minimum Gasteiger partial charge on any atom is -0.492 e. The van der Waals surface area contributed by atoms with E-state index in [1.165, 1.54) is 23.5 Å². The van der Waals surface area contributed by atoms with Crippen LogP contribution in [0.5, 0.6) is 5.75 Å². The van der Waals surface area contributed by atoms with Crippen LogP contribution in [0.1, 0.15) is 17.3 Å². The van der Waals surface area contributed by atoms with Crippen molar-refractivity contribution in [1.82, 2.24) is 9.88 Å². The van der Waals surface area contributed by atoms with Crippen LogP contribution in [0.25, 0.3) is 10.2 Å². The van der Waals surface area contributed by atoms with E-state index in [1.54, 1.807) is 17.0 Å². The zero-order chi connectivity index (χ0) is 23.4. The summed E-state index contributed by atoms with van der Waals surface area (Å²) >= 11 is 1.44. The zero-order valence-electron chi connectivity index (χ0n) is 18.7. The van der Waals surface area contributed by atoms with Gasteiger partial charge in [-0.1, -0.05) is 17.4 Å². The number of ether oxygens (including phenoxy) is 2. The summed E-state index contributed by atoms with van der Waals surface area (Å²) in [4.78, 5) is 22.4. The number of carbonyl (C=O) groups excluding carboxylic acids is 1. The number of hydrogen-bond acceptors (Lipinski definition) is 8. The van der Waals surface area contributed by atoms with Gasteiger partial charge in [-0.25, -0.2) is 13.4 Å². The number of morpholine rings is 1. The summed E-state index contributed by atoms with van der Waals surface area (Å²) in [7, 11) is -3.34. The third-order valence-electron chi connectivity index (χ3n) is 5.42. The highest BCUT2D eigenvalue weighted by Crippen LogP contribution is 2.34. The smallest absolute Gasteiger partial charge is 0.260 e. The molecule has 3 aromatic rings. The first-order chi connectivity index (χ1) is 15.9. The molecule has 1 amide bonds. The Morgan fingerprint density at radius 2 is 1.91 bits per heavy atom. The number of sulfone groups is 1. The largest absolute Gasteiger partial charge is 0.492 e. The maximum absolute atomic E-state index is 13.5. The van der Waals surface area contributed by atoms with E-state index >= 15 is 0 Å². The fourth-order valence-corrected chi connectivity index (χ4v) is 5.29. The molecule has 1 saturated heterocycles. The SMILES string of the molecule is CCOc1cccc2sc(N(CCN3CCOCC3)C(=O)c3ccc(S(C)(=O)=O)cc3)nc12. The van der Waals surface area contributed by atoms with Gasteiger partial charge in [-0.3, -0.25) is 14.6 Å². The number of para-hydroxylation sites is 1. The van der Waals surface area contributed by atoms with E-state index in [1.807, 2.05) is 25.1 Å². The molecule has 0 bridgehead atoms. The van der Waals surface area contributed by atoms with E-state index in [2.05, 4.69) is 4.90 Å². The molecule has 1 fully saturated rings. The third-order valence-corrected chi connectivity index (χ3v) is 7.59. The van der Waals surface area contributed by atoms with Crippen LogP contribution in [0.4, 0.5) is 5.13 Å². The minimum atomic E-state index is -3.34. The highest BCUT2D eigenvalue weighted by Gasteiger charge is 2.24. The summed E-state index contributed by atoms with van der Waals surface area (Å²) in [6.45, 7) is 6.59. The van der Waals surface area contributed by atoms with Gasteiger partial charge in [0.1, 0.15) is 11.3 Å². The standard InChI is InChI=1S/C23H27N3O5S2/c1-3-31-19-5-4-6-20-21(19)24-23(32-20)26(12-11-25-13-15-30-16-14-25)22(27)17-7-9-18(10-8-17)33(2,28)29/h4-10H,3,11-16H2,1-2H3. The fourth-order valence-electron chi connectivity index (χ4n) is 3.65. The van der Waals surface area contributed by atoms with Crippen molar-refractivity contribution >= 4 is 42.4 Å². The molecule has 10 heteroatoms. The predicted molar refractivity (Wildman–Crippen MR) is 129 cm³/mol. The number of hydrogen-bond donors (Lipinski definition) is 0. The Balaban J connectivity index is 1.66. The first-order valence-corrected chi connectivity index (χ1v) is 13.5. The number of fused-ring (bicyclic) bond motifs is 1. The lowest BCUT2D eigenvalue weighted by Crippen LogP contribution is -2.43. The molecule has 1 aliphatic rings. The Morgan fingerprint density at radius 3 is 2.58 bits per heavy atom. The Kier molecular flexibility index (Phi) is 7.28. The van der Waals surface area contributed by atoms with E-state index in [9.17, 15) is 13.2 Å². The number of benzene rings is 2. The molecule has 0 radical (unpaired) electrons. The van der Waals surface area contributed by atoms with Crippen LogP contribution in [0, 0.1) is 0 Å². The number of thiazole rings is 1. The van der Waals surface area contributed by atoms with Crippen molar-refractivity contribution in [3.8, 4) is 5.75 Å². The molecule has 1 aromatic heterocycles. The Morgan fingerprint density at radius 1 is 1.18 bits per heavy atom. The molecule has 0 atom stereocenters. The summed E-state index contributed by atoms with van der Waals surface area (Å²) in [5, 5.41) is 0.586. The molecule has 0 saturated carbocycles. The highest BCUT2D eigenvalue weighted by molar-refractivity contribution is 7.90. The number of aromatic nitrogens is 1. The van der Waals surface area contributed by atoms with Crippen molar-refractivity contribution in [1.29, 1.82) is 0 Å². The van der Waals surface area contributed by atoms with Gasteiger partial charge in [0.25, 0.3) is 5.91 Å². The molecule has 0 unspecified atom stereocenters. The average molecular weight is 490 g/mol. The summed E-state index contributed by atoms with van der Waals surface area (Å²) in [6.07, 6.45) is 1.15. The maximum Gasteiger partial charge on any atom is 0.260 e. The van der Waals surface area contributed by atoms with Crippen LogP contribution in [0.2, 0.25) is 0 Å². The van der Waals surface area contributed by atoms with Gasteiger partial charge in [0.15, 0.2) is 15.0 Å². The lowest BCUT2D eigenvalue weighted by molar-refractivity contribution is 0.0391. The van der Waals surface area contributed by atoms with Gasteiger partial charge in [0.05, 0.1) is 29.4 Å². The van der Waals surface area contributed by atoms with Crippen LogP contribution in [-0.2, 0) is 14.6 Å². The Labute approximate surface area is 197 Å². The van der Waals surface area contributed by atoms with E-state index in [0.29, 0.717) is 49.4 Å². The van der Waals surface area contributed by atoms with Gasteiger partial charge >= 0.3 is 0 Å². The van der Waals surface area contributed by atoms with Crippen LogP contribution in [0.15, 0.2) is 47.4 Å². The lowest BCUT2D eigenvalue weighted by Gasteiger charge is -2.29. The first kappa shape index (κ1) is 23.6. The second kappa shape index (κ2) is 10.2. The summed E-state index contributed by atoms with van der Waals surface area (Å²) in [6, 6.07) is 11.8. The molecule has 0 N–H and O–H groups in total. The van der Waals surface area contributed by atoms with E-state index < -0.39 is 9.84 Å². The van der Waals surface area contributed by atoms with Gasteiger partial charge < -0.3 is 9.47 Å². The molecule has 33 heavy (non-hydrogen) atoms. The van der Waals surface area contributed by atoms with Crippen molar-refractivity contribution in [2.24, 2.45) is 0 Å². The average Bonchev–Trinajstić information content (AvgIpc) is 3.24. The van der Waals surface area contributed by atoms with E-state index in [0.717, 1.165) is 29.6 Å². The number of rotatable bonds is 8. The van der Waals surface area contributed by atoms with Crippen LogP contribution < -0.4 is 9.64 Å². The number of nitrogens with zero attached hydrogens (tertiary/aromatic N) is 3. The van der Waals surface area contributed by atoms with Crippen molar-refractivity contribution in [3.63, 3.8) is 0 Å². The molecule has 176 valence electrons. The van der Waals surface area contributed by atoms with Gasteiger partial charge in [-0.05, 0) is 43.3 Å². The van der Waals surface area contributed by atoms with Gasteiger partial charge in [-0.2, -0.15) is 0 Å². The van der Waals surface area contributed by atoms with Gasteiger partial charge in [-0.15, -0.1) is 0 Å². The van der Waals surface area contributed by atoms with E-state index in [-0.39, 0.29) is 10.8 Å². The summed E-state index contributed by atoms with van der Waals surface area (Å²) in [5.41, 5.74) is 1.14. The van der Waals surface area contributed by atoms with E-state index in [4.69, 9.17) is 14.5 Å². The Hall–Kier alpha value is -2.53. The second-order valence-corrected chi connectivity index (χ2v) is 10.8. The molecule has 1 aliphatic heterocycles.